The molecular weight excluding hydrogens is 184 g/mol. The van der Waals surface area contributed by atoms with Crippen LogP contribution in [0.3, 0.4) is 0 Å². The van der Waals surface area contributed by atoms with Crippen LogP contribution >= 0.6 is 12.4 Å². The van der Waals surface area contributed by atoms with Crippen molar-refractivity contribution in [3.63, 3.8) is 0 Å². The molecule has 74 valence electrons. The zero-order valence-corrected chi connectivity index (χ0v) is 8.76. The summed E-state index contributed by atoms with van der Waals surface area (Å²) in [5.74, 6) is 0.912. The monoisotopic (exact) mass is 200 g/mol. The highest BCUT2D eigenvalue weighted by Crippen LogP contribution is 2.36. The summed E-state index contributed by atoms with van der Waals surface area (Å²) in [4.78, 5) is 0. The lowest BCUT2D eigenvalue weighted by molar-refractivity contribution is 0.565. The molecule has 2 N–H and O–H groups in total. The third kappa shape index (κ3) is 2.48. The molecule has 0 spiro atoms. The van der Waals surface area contributed by atoms with Crippen LogP contribution in [-0.4, -0.2) is 4.57 Å². The molecule has 3 heteroatoms. The Balaban J connectivity index is 0.000000845. The van der Waals surface area contributed by atoms with Gasteiger partial charge in [-0.3, -0.25) is 0 Å². The molecule has 1 heterocycles. The van der Waals surface area contributed by atoms with Crippen LogP contribution in [0.15, 0.2) is 18.3 Å². The van der Waals surface area contributed by atoms with Gasteiger partial charge in [-0.05, 0) is 24.5 Å². The number of hydrogen-bond acceptors (Lipinski definition) is 1. The second-order valence-electron chi connectivity index (χ2n) is 3.83. The van der Waals surface area contributed by atoms with E-state index in [-0.39, 0.29) is 18.4 Å². The van der Waals surface area contributed by atoms with Gasteiger partial charge >= 0.3 is 0 Å². The van der Waals surface area contributed by atoms with Crippen molar-refractivity contribution in [1.29, 1.82) is 0 Å². The number of rotatable bonds is 3. The van der Waals surface area contributed by atoms with Crippen molar-refractivity contribution in [3.8, 4) is 0 Å². The fraction of sp³-hybridized carbons (Fsp3) is 0.600. The molecule has 1 aliphatic carbocycles. The molecule has 2 rings (SSSR count). The van der Waals surface area contributed by atoms with Crippen molar-refractivity contribution in [2.45, 2.75) is 25.3 Å². The van der Waals surface area contributed by atoms with Crippen LogP contribution in [0.1, 0.15) is 31.0 Å². The number of hydrogen-bond donors (Lipinski definition) is 1. The molecule has 1 fully saturated rings. The van der Waals surface area contributed by atoms with E-state index >= 15 is 0 Å². The molecule has 0 amide bonds. The van der Waals surface area contributed by atoms with Crippen molar-refractivity contribution in [1.82, 2.24) is 4.57 Å². The van der Waals surface area contributed by atoms with Gasteiger partial charge in [0.25, 0.3) is 0 Å². The van der Waals surface area contributed by atoms with E-state index in [4.69, 9.17) is 5.73 Å². The molecule has 2 nitrogen and oxygen atoms in total. The molecule has 13 heavy (non-hydrogen) atoms. The third-order valence-corrected chi connectivity index (χ3v) is 2.65. The minimum atomic E-state index is 0. The lowest BCUT2D eigenvalue weighted by Gasteiger charge is -2.11. The predicted molar refractivity (Wildman–Crippen MR) is 56.9 cm³/mol. The third-order valence-electron chi connectivity index (χ3n) is 2.65. The molecule has 1 atom stereocenters. The molecule has 0 radical (unpaired) electrons. The van der Waals surface area contributed by atoms with Crippen molar-refractivity contribution in [2.75, 3.05) is 0 Å². The van der Waals surface area contributed by atoms with Gasteiger partial charge < -0.3 is 10.3 Å². The smallest absolute Gasteiger partial charge is 0.0452 e. The summed E-state index contributed by atoms with van der Waals surface area (Å²) in [5.41, 5.74) is 7.33. The van der Waals surface area contributed by atoms with Crippen molar-refractivity contribution in [3.05, 3.63) is 24.0 Å². The fourth-order valence-corrected chi connectivity index (χ4v) is 1.69. The topological polar surface area (TPSA) is 30.9 Å². The van der Waals surface area contributed by atoms with Crippen LogP contribution in [0.4, 0.5) is 0 Å². The second-order valence-corrected chi connectivity index (χ2v) is 3.83. The predicted octanol–water partition coefficient (Wildman–Crippen LogP) is 2.25. The first-order chi connectivity index (χ1) is 5.77. The zero-order valence-electron chi connectivity index (χ0n) is 7.94. The molecular formula is C10H17ClN2. The van der Waals surface area contributed by atoms with Gasteiger partial charge in [-0.15, -0.1) is 12.4 Å². The Kier molecular flexibility index (Phi) is 3.40. The Bertz CT molecular complexity index is 266. The van der Waals surface area contributed by atoms with Gasteiger partial charge in [-0.2, -0.15) is 0 Å². The average Bonchev–Trinajstić information content (AvgIpc) is 2.72. The number of halogens is 1. The summed E-state index contributed by atoms with van der Waals surface area (Å²) < 4.78 is 2.12. The highest BCUT2D eigenvalue weighted by Gasteiger charge is 2.25. The Morgan fingerprint density at radius 2 is 2.31 bits per heavy atom. The summed E-state index contributed by atoms with van der Waals surface area (Å²) in [6.07, 6.45) is 6.00. The molecule has 0 aromatic carbocycles. The van der Waals surface area contributed by atoms with E-state index in [2.05, 4.69) is 29.9 Å². The van der Waals surface area contributed by atoms with E-state index in [0.717, 1.165) is 12.3 Å². The maximum atomic E-state index is 6.06. The van der Waals surface area contributed by atoms with Crippen LogP contribution < -0.4 is 5.73 Å². The average molecular weight is 201 g/mol. The molecule has 1 saturated carbocycles. The summed E-state index contributed by atoms with van der Waals surface area (Å²) in [6.45, 7) is 0. The van der Waals surface area contributed by atoms with Gasteiger partial charge in [0.05, 0.1) is 0 Å². The Morgan fingerprint density at radius 3 is 2.77 bits per heavy atom. The quantitative estimate of drug-likeness (QED) is 0.798. The molecule has 0 bridgehead atoms. The van der Waals surface area contributed by atoms with E-state index in [9.17, 15) is 0 Å². The second kappa shape index (κ2) is 4.16. The lowest BCUT2D eigenvalue weighted by atomic mass is 10.1. The minimum absolute atomic E-state index is 0. The molecule has 0 aliphatic heterocycles. The van der Waals surface area contributed by atoms with E-state index in [1.54, 1.807) is 0 Å². The van der Waals surface area contributed by atoms with E-state index in [1.807, 2.05) is 0 Å². The largest absolute Gasteiger partial charge is 0.353 e. The molecule has 0 saturated heterocycles. The lowest BCUT2D eigenvalue weighted by Crippen LogP contribution is -2.14. The zero-order chi connectivity index (χ0) is 8.55. The van der Waals surface area contributed by atoms with Crippen LogP contribution in [0, 0.1) is 5.92 Å². The van der Waals surface area contributed by atoms with E-state index in [0.29, 0.717) is 0 Å². The molecule has 1 aliphatic rings. The maximum Gasteiger partial charge on any atom is 0.0452 e. The van der Waals surface area contributed by atoms with Crippen LogP contribution in [-0.2, 0) is 7.05 Å². The molecule has 1 aromatic rings. The highest BCUT2D eigenvalue weighted by molar-refractivity contribution is 5.85. The van der Waals surface area contributed by atoms with Crippen LogP contribution in [0.25, 0.3) is 0 Å². The van der Waals surface area contributed by atoms with Gasteiger partial charge in [0.2, 0.25) is 0 Å². The Labute approximate surface area is 85.5 Å². The highest BCUT2D eigenvalue weighted by atomic mass is 35.5. The summed E-state index contributed by atoms with van der Waals surface area (Å²) in [6, 6.07) is 4.42. The summed E-state index contributed by atoms with van der Waals surface area (Å²) in [5, 5.41) is 0. The minimum Gasteiger partial charge on any atom is -0.353 e. The van der Waals surface area contributed by atoms with Gasteiger partial charge in [-0.1, -0.05) is 12.8 Å². The summed E-state index contributed by atoms with van der Waals surface area (Å²) >= 11 is 0. The summed E-state index contributed by atoms with van der Waals surface area (Å²) in [7, 11) is 2.06. The van der Waals surface area contributed by atoms with Crippen molar-refractivity contribution < 1.29 is 0 Å². The number of aryl methyl sites for hydroxylation is 1. The van der Waals surface area contributed by atoms with Crippen LogP contribution in [0.5, 0.6) is 0 Å². The maximum absolute atomic E-state index is 6.06. The van der Waals surface area contributed by atoms with Gasteiger partial charge in [0.15, 0.2) is 0 Å². The first-order valence-corrected chi connectivity index (χ1v) is 4.64. The normalized spacial score (nSPS) is 18.0. The number of aromatic nitrogens is 1. The van der Waals surface area contributed by atoms with Crippen molar-refractivity contribution >= 4 is 12.4 Å². The van der Waals surface area contributed by atoms with Gasteiger partial charge in [0.1, 0.15) is 0 Å². The Morgan fingerprint density at radius 1 is 1.62 bits per heavy atom. The molecule has 1 aromatic heterocycles. The number of nitrogens with zero attached hydrogens (tertiary/aromatic N) is 1. The van der Waals surface area contributed by atoms with Crippen LogP contribution in [0.2, 0.25) is 0 Å². The Hall–Kier alpha value is -0.470. The molecule has 0 unspecified atom stereocenters. The SMILES string of the molecule is Cl.Cn1cccc1[C@@H](N)CC1CC1. The standard InChI is InChI=1S/C10H16N2.ClH/c1-12-6-2-3-10(12)9(11)7-8-4-5-8;/h2-3,6,8-9H,4-5,7,11H2,1H3;1H/t9-;/m0./s1. The van der Waals surface area contributed by atoms with E-state index < -0.39 is 0 Å². The van der Waals surface area contributed by atoms with Gasteiger partial charge in [-0.25, -0.2) is 0 Å². The van der Waals surface area contributed by atoms with E-state index in [1.165, 1.54) is 18.5 Å². The van der Waals surface area contributed by atoms with Gasteiger partial charge in [0, 0.05) is 25.0 Å². The first kappa shape index (κ1) is 10.6. The number of nitrogens with two attached hydrogens (primary N) is 1. The first-order valence-electron chi connectivity index (χ1n) is 4.64. The van der Waals surface area contributed by atoms with Crippen molar-refractivity contribution in [2.24, 2.45) is 18.7 Å². The fourth-order valence-electron chi connectivity index (χ4n) is 1.69.